The van der Waals surface area contributed by atoms with Crippen molar-refractivity contribution in [2.45, 2.75) is 0 Å². The first-order valence-corrected chi connectivity index (χ1v) is 9.43. The highest BCUT2D eigenvalue weighted by Crippen LogP contribution is 2.33. The summed E-state index contributed by atoms with van der Waals surface area (Å²) in [6.07, 6.45) is 0. The third-order valence-corrected chi connectivity index (χ3v) is 4.96. The van der Waals surface area contributed by atoms with Crippen LogP contribution in [0.4, 0.5) is 15.8 Å². The van der Waals surface area contributed by atoms with Crippen LogP contribution in [0.2, 0.25) is 0 Å². The maximum absolute atomic E-state index is 13.1. The summed E-state index contributed by atoms with van der Waals surface area (Å²) in [5.74, 6) is -1.18. The summed E-state index contributed by atoms with van der Waals surface area (Å²) in [5, 5.41) is 12.1. The van der Waals surface area contributed by atoms with Crippen LogP contribution in [0.25, 0.3) is 0 Å². The Morgan fingerprint density at radius 3 is 2.20 bits per heavy atom. The first-order chi connectivity index (χ1) is 14.4. The Morgan fingerprint density at radius 2 is 1.63 bits per heavy atom. The molecule has 9 heteroatoms. The number of nitrogens with one attached hydrogen (secondary N) is 1. The van der Waals surface area contributed by atoms with Crippen molar-refractivity contribution in [2.75, 3.05) is 57.2 Å². The van der Waals surface area contributed by atoms with Crippen molar-refractivity contribution >= 4 is 23.3 Å². The number of carboxylic acids is 1. The van der Waals surface area contributed by atoms with Crippen LogP contribution in [0.3, 0.4) is 0 Å². The third kappa shape index (κ3) is 4.98. The Hall–Kier alpha value is -3.33. The standard InChI is InChI=1S/C21H24FN3O5/c1-29-18-11-16(21(27)28)17(12-19(18)30-2)23-20(26)13-24-7-9-25(10-8-24)15-5-3-14(22)4-6-15/h3-6,11-12H,7-10,13H2,1-2H3,(H,23,26)(H,27,28). The third-order valence-electron chi connectivity index (χ3n) is 4.96. The zero-order valence-electron chi connectivity index (χ0n) is 16.9. The van der Waals surface area contributed by atoms with Crippen LogP contribution in [0, 0.1) is 5.82 Å². The minimum atomic E-state index is -1.18. The molecular formula is C21H24FN3O5. The van der Waals surface area contributed by atoms with E-state index in [9.17, 15) is 19.1 Å². The van der Waals surface area contributed by atoms with Gasteiger partial charge in [0.2, 0.25) is 5.91 Å². The highest BCUT2D eigenvalue weighted by atomic mass is 19.1. The highest BCUT2D eigenvalue weighted by Gasteiger charge is 2.22. The van der Waals surface area contributed by atoms with Crippen molar-refractivity contribution in [3.63, 3.8) is 0 Å². The number of hydrogen-bond acceptors (Lipinski definition) is 6. The molecule has 1 heterocycles. The summed E-state index contributed by atoms with van der Waals surface area (Å²) < 4.78 is 23.4. The molecule has 0 aromatic heterocycles. The van der Waals surface area contributed by atoms with Crippen LogP contribution in [0.15, 0.2) is 36.4 Å². The van der Waals surface area contributed by atoms with Gasteiger partial charge in [0.05, 0.1) is 32.0 Å². The lowest BCUT2D eigenvalue weighted by molar-refractivity contribution is -0.117. The smallest absolute Gasteiger partial charge is 0.337 e. The number of carbonyl (C=O) groups excluding carboxylic acids is 1. The second-order valence-corrected chi connectivity index (χ2v) is 6.85. The number of halogens is 1. The number of hydrogen-bond donors (Lipinski definition) is 2. The average molecular weight is 417 g/mol. The summed E-state index contributed by atoms with van der Waals surface area (Å²) in [7, 11) is 2.85. The maximum Gasteiger partial charge on any atom is 0.337 e. The minimum absolute atomic E-state index is 0.0814. The van der Waals surface area contributed by atoms with E-state index in [4.69, 9.17) is 9.47 Å². The van der Waals surface area contributed by atoms with E-state index in [2.05, 4.69) is 10.2 Å². The molecular weight excluding hydrogens is 393 g/mol. The molecule has 3 rings (SSSR count). The number of carboxylic acid groups (broad SMARTS) is 1. The number of nitrogens with zero attached hydrogens (tertiary/aromatic N) is 2. The quantitative estimate of drug-likeness (QED) is 0.714. The van der Waals surface area contributed by atoms with Crippen LogP contribution >= 0.6 is 0 Å². The zero-order valence-corrected chi connectivity index (χ0v) is 16.9. The van der Waals surface area contributed by atoms with Gasteiger partial charge in [-0.05, 0) is 24.3 Å². The molecule has 2 N–H and O–H groups in total. The number of aromatic carboxylic acids is 1. The molecule has 1 saturated heterocycles. The van der Waals surface area contributed by atoms with Gasteiger partial charge in [-0.25, -0.2) is 9.18 Å². The Labute approximate surface area is 173 Å². The molecule has 1 amide bonds. The van der Waals surface area contributed by atoms with Crippen LogP contribution in [-0.2, 0) is 4.79 Å². The van der Waals surface area contributed by atoms with Gasteiger partial charge >= 0.3 is 5.97 Å². The first-order valence-electron chi connectivity index (χ1n) is 9.43. The number of ether oxygens (including phenoxy) is 2. The Bertz CT molecular complexity index is 912. The van der Waals surface area contributed by atoms with Gasteiger partial charge in [0.1, 0.15) is 5.82 Å². The zero-order chi connectivity index (χ0) is 21.7. The van der Waals surface area contributed by atoms with Gasteiger partial charge in [-0.3, -0.25) is 9.69 Å². The molecule has 2 aromatic carbocycles. The molecule has 0 atom stereocenters. The van der Waals surface area contributed by atoms with E-state index in [1.807, 2.05) is 4.90 Å². The van der Waals surface area contributed by atoms with Crippen molar-refractivity contribution in [2.24, 2.45) is 0 Å². The van der Waals surface area contributed by atoms with Crippen molar-refractivity contribution in [1.82, 2.24) is 4.90 Å². The van der Waals surface area contributed by atoms with E-state index < -0.39 is 5.97 Å². The predicted molar refractivity (Wildman–Crippen MR) is 110 cm³/mol. The number of benzene rings is 2. The SMILES string of the molecule is COc1cc(NC(=O)CN2CCN(c3ccc(F)cc3)CC2)c(C(=O)O)cc1OC. The van der Waals surface area contributed by atoms with Gasteiger partial charge in [0, 0.05) is 44.0 Å². The second kappa shape index (κ2) is 9.45. The fourth-order valence-corrected chi connectivity index (χ4v) is 3.37. The summed E-state index contributed by atoms with van der Waals surface area (Å²) >= 11 is 0. The Kier molecular flexibility index (Phi) is 6.73. The first kappa shape index (κ1) is 21.4. The Morgan fingerprint density at radius 1 is 1.03 bits per heavy atom. The summed E-state index contributed by atoms with van der Waals surface area (Å²) in [6.45, 7) is 2.85. The molecule has 0 radical (unpaired) electrons. The maximum atomic E-state index is 13.1. The minimum Gasteiger partial charge on any atom is -0.493 e. The topological polar surface area (TPSA) is 91.3 Å². The molecule has 0 unspecified atom stereocenters. The average Bonchev–Trinajstić information content (AvgIpc) is 2.74. The van der Waals surface area contributed by atoms with Gasteiger partial charge in [-0.2, -0.15) is 0 Å². The van der Waals surface area contributed by atoms with Gasteiger partial charge in [0.25, 0.3) is 0 Å². The van der Waals surface area contributed by atoms with Crippen LogP contribution in [-0.4, -0.2) is 68.8 Å². The van der Waals surface area contributed by atoms with Gasteiger partial charge in [-0.1, -0.05) is 0 Å². The van der Waals surface area contributed by atoms with E-state index in [1.54, 1.807) is 12.1 Å². The van der Waals surface area contributed by atoms with E-state index in [0.29, 0.717) is 31.9 Å². The van der Waals surface area contributed by atoms with Crippen molar-refractivity contribution in [1.29, 1.82) is 0 Å². The molecule has 0 aliphatic carbocycles. The van der Waals surface area contributed by atoms with Gasteiger partial charge in [-0.15, -0.1) is 0 Å². The number of piperazine rings is 1. The van der Waals surface area contributed by atoms with Crippen LogP contribution < -0.4 is 19.7 Å². The normalized spacial score (nSPS) is 14.3. The summed E-state index contributed by atoms with van der Waals surface area (Å²) in [4.78, 5) is 28.2. The van der Waals surface area contributed by atoms with E-state index >= 15 is 0 Å². The van der Waals surface area contributed by atoms with Crippen molar-refractivity contribution < 1.29 is 28.6 Å². The molecule has 160 valence electrons. The molecule has 0 bridgehead atoms. The molecule has 1 fully saturated rings. The molecule has 0 saturated carbocycles. The van der Waals surface area contributed by atoms with Gasteiger partial charge in [0.15, 0.2) is 11.5 Å². The summed E-state index contributed by atoms with van der Waals surface area (Å²) in [6, 6.07) is 9.09. The molecule has 8 nitrogen and oxygen atoms in total. The van der Waals surface area contributed by atoms with Crippen molar-refractivity contribution in [3.05, 3.63) is 47.8 Å². The fourth-order valence-electron chi connectivity index (χ4n) is 3.37. The number of carbonyl (C=O) groups is 2. The second-order valence-electron chi connectivity index (χ2n) is 6.85. The predicted octanol–water partition coefficient (Wildman–Crippen LogP) is 2.30. The largest absolute Gasteiger partial charge is 0.493 e. The molecule has 1 aliphatic rings. The molecule has 0 spiro atoms. The lowest BCUT2D eigenvalue weighted by atomic mass is 10.1. The van der Waals surface area contributed by atoms with Crippen LogP contribution in [0.5, 0.6) is 11.5 Å². The van der Waals surface area contributed by atoms with E-state index in [0.717, 1.165) is 5.69 Å². The van der Waals surface area contributed by atoms with Gasteiger partial charge < -0.3 is 24.8 Å². The number of anilines is 2. The molecule has 1 aliphatic heterocycles. The monoisotopic (exact) mass is 417 g/mol. The summed E-state index contributed by atoms with van der Waals surface area (Å²) in [5.41, 5.74) is 1.01. The fraction of sp³-hybridized carbons (Fsp3) is 0.333. The lowest BCUT2D eigenvalue weighted by Crippen LogP contribution is -2.48. The number of rotatable bonds is 7. The molecule has 30 heavy (non-hydrogen) atoms. The number of methoxy groups -OCH3 is 2. The van der Waals surface area contributed by atoms with Crippen LogP contribution in [0.1, 0.15) is 10.4 Å². The highest BCUT2D eigenvalue weighted by molar-refractivity contribution is 6.02. The Balaban J connectivity index is 1.61. The van der Waals surface area contributed by atoms with Crippen molar-refractivity contribution in [3.8, 4) is 11.5 Å². The van der Waals surface area contributed by atoms with E-state index in [1.165, 1.54) is 38.5 Å². The van der Waals surface area contributed by atoms with E-state index in [-0.39, 0.29) is 35.3 Å². The lowest BCUT2D eigenvalue weighted by Gasteiger charge is -2.35. The number of amides is 1. The molecule has 2 aromatic rings.